The monoisotopic (exact) mass is 528 g/mol. The van der Waals surface area contributed by atoms with Gasteiger partial charge in [0.1, 0.15) is 5.75 Å². The Bertz CT molecular complexity index is 1300. The van der Waals surface area contributed by atoms with Crippen LogP contribution in [-0.4, -0.2) is 53.7 Å². The second kappa shape index (κ2) is 12.9. The Labute approximate surface area is 219 Å². The van der Waals surface area contributed by atoms with Gasteiger partial charge in [-0.2, -0.15) is 0 Å². The van der Waals surface area contributed by atoms with Crippen LogP contribution in [0.25, 0.3) is 10.9 Å². The third-order valence-electron chi connectivity index (χ3n) is 5.87. The Balaban J connectivity index is 1.66. The maximum atomic E-state index is 13.4. The molecule has 0 aliphatic heterocycles. The molecule has 0 bridgehead atoms. The maximum absolute atomic E-state index is 13.4. The van der Waals surface area contributed by atoms with Gasteiger partial charge in [0.25, 0.3) is 5.91 Å². The molecule has 1 amide bonds. The Morgan fingerprint density at radius 3 is 2.43 bits per heavy atom. The lowest BCUT2D eigenvalue weighted by Gasteiger charge is -2.09. The molecular weight excluding hydrogens is 500 g/mol. The highest BCUT2D eigenvalue weighted by Gasteiger charge is 2.22. The SMILES string of the molecule is COc1ccc2c(c1)c(CC(=O)NCCCCOC(=O)CCC(=O)O)c(C)n2C(=O)c1ccc(Cl)cc1. The van der Waals surface area contributed by atoms with Crippen molar-refractivity contribution in [3.8, 4) is 5.75 Å². The number of methoxy groups -OCH3 is 1. The first-order valence-electron chi connectivity index (χ1n) is 11.8. The lowest BCUT2D eigenvalue weighted by molar-refractivity contribution is -0.147. The number of esters is 1. The Hall–Kier alpha value is -3.85. The van der Waals surface area contributed by atoms with Gasteiger partial charge in [0.05, 0.1) is 38.5 Å². The third-order valence-corrected chi connectivity index (χ3v) is 6.12. The first-order chi connectivity index (χ1) is 17.7. The van der Waals surface area contributed by atoms with E-state index < -0.39 is 11.9 Å². The molecule has 0 saturated heterocycles. The summed E-state index contributed by atoms with van der Waals surface area (Å²) in [7, 11) is 1.56. The predicted molar refractivity (Wildman–Crippen MR) is 138 cm³/mol. The third kappa shape index (κ3) is 7.33. The van der Waals surface area contributed by atoms with E-state index >= 15 is 0 Å². The zero-order valence-corrected chi connectivity index (χ0v) is 21.5. The topological polar surface area (TPSA) is 124 Å². The number of carboxylic acids is 1. The van der Waals surface area contributed by atoms with Crippen LogP contribution in [0.4, 0.5) is 0 Å². The van der Waals surface area contributed by atoms with Crippen molar-refractivity contribution in [2.75, 3.05) is 20.3 Å². The van der Waals surface area contributed by atoms with Gasteiger partial charge in [0, 0.05) is 28.2 Å². The van der Waals surface area contributed by atoms with Crippen molar-refractivity contribution in [3.05, 3.63) is 64.3 Å². The van der Waals surface area contributed by atoms with Gasteiger partial charge in [0.2, 0.25) is 5.91 Å². The zero-order chi connectivity index (χ0) is 26.9. The van der Waals surface area contributed by atoms with E-state index in [0.717, 1.165) is 10.9 Å². The van der Waals surface area contributed by atoms with Crippen LogP contribution in [0, 0.1) is 6.92 Å². The molecule has 0 atom stereocenters. The number of benzene rings is 2. The molecule has 3 aromatic rings. The summed E-state index contributed by atoms with van der Waals surface area (Å²) in [5.74, 6) is -1.42. The number of carbonyl (C=O) groups is 4. The van der Waals surface area contributed by atoms with Gasteiger partial charge >= 0.3 is 11.9 Å². The number of amides is 1. The molecule has 0 aliphatic rings. The number of hydrogen-bond donors (Lipinski definition) is 2. The fraction of sp³-hybridized carbons (Fsp3) is 0.333. The maximum Gasteiger partial charge on any atom is 0.306 e. The van der Waals surface area contributed by atoms with Gasteiger partial charge in [-0.3, -0.25) is 23.7 Å². The van der Waals surface area contributed by atoms with Crippen LogP contribution < -0.4 is 10.1 Å². The van der Waals surface area contributed by atoms with Crippen molar-refractivity contribution in [1.82, 2.24) is 9.88 Å². The average Bonchev–Trinajstić information content (AvgIpc) is 3.14. The minimum atomic E-state index is -1.05. The molecule has 10 heteroatoms. The number of rotatable bonds is 12. The van der Waals surface area contributed by atoms with Crippen LogP contribution >= 0.6 is 11.6 Å². The molecule has 196 valence electrons. The van der Waals surface area contributed by atoms with Gasteiger partial charge in [-0.25, -0.2) is 0 Å². The van der Waals surface area contributed by atoms with E-state index in [-0.39, 0.29) is 37.7 Å². The molecular formula is C27H29ClN2O7. The fourth-order valence-corrected chi connectivity index (χ4v) is 4.07. The molecule has 0 aliphatic carbocycles. The van der Waals surface area contributed by atoms with Crippen LogP contribution in [0.15, 0.2) is 42.5 Å². The summed E-state index contributed by atoms with van der Waals surface area (Å²) in [4.78, 5) is 48.0. The zero-order valence-electron chi connectivity index (χ0n) is 20.7. The van der Waals surface area contributed by atoms with E-state index in [1.807, 2.05) is 13.0 Å². The van der Waals surface area contributed by atoms with E-state index in [9.17, 15) is 19.2 Å². The molecule has 0 fully saturated rings. The number of unbranched alkanes of at least 4 members (excludes halogenated alkanes) is 1. The molecule has 1 aromatic heterocycles. The summed E-state index contributed by atoms with van der Waals surface area (Å²) in [5, 5.41) is 12.7. The van der Waals surface area contributed by atoms with Gasteiger partial charge < -0.3 is 19.9 Å². The van der Waals surface area contributed by atoms with E-state index in [1.54, 1.807) is 48.1 Å². The van der Waals surface area contributed by atoms with Crippen LogP contribution in [0.5, 0.6) is 5.75 Å². The summed E-state index contributed by atoms with van der Waals surface area (Å²) in [6.45, 7) is 2.35. The summed E-state index contributed by atoms with van der Waals surface area (Å²) >= 11 is 5.97. The highest BCUT2D eigenvalue weighted by molar-refractivity contribution is 6.30. The second-order valence-electron chi connectivity index (χ2n) is 8.44. The molecule has 1 heterocycles. The predicted octanol–water partition coefficient (Wildman–Crippen LogP) is 4.15. The molecule has 2 N–H and O–H groups in total. The molecule has 0 spiro atoms. The Morgan fingerprint density at radius 1 is 1.03 bits per heavy atom. The normalized spacial score (nSPS) is 10.8. The van der Waals surface area contributed by atoms with Crippen LogP contribution in [0.1, 0.15) is 47.3 Å². The van der Waals surface area contributed by atoms with Crippen LogP contribution in [0.3, 0.4) is 0 Å². The van der Waals surface area contributed by atoms with Crippen molar-refractivity contribution in [2.45, 2.75) is 39.0 Å². The number of aliphatic carboxylic acids is 1. The van der Waals surface area contributed by atoms with Crippen LogP contribution in [0.2, 0.25) is 5.02 Å². The lowest BCUT2D eigenvalue weighted by Crippen LogP contribution is -2.26. The van der Waals surface area contributed by atoms with Gasteiger partial charge in [-0.15, -0.1) is 0 Å². The summed E-state index contributed by atoms with van der Waals surface area (Å²) in [5.41, 5.74) is 2.53. The van der Waals surface area contributed by atoms with Gasteiger partial charge in [-0.1, -0.05) is 11.6 Å². The molecule has 37 heavy (non-hydrogen) atoms. The average molecular weight is 529 g/mol. The molecule has 0 unspecified atom stereocenters. The molecule has 9 nitrogen and oxygen atoms in total. The minimum Gasteiger partial charge on any atom is -0.497 e. The number of hydrogen-bond acceptors (Lipinski definition) is 6. The molecule has 0 radical (unpaired) electrons. The van der Waals surface area contributed by atoms with E-state index in [4.69, 9.17) is 26.2 Å². The van der Waals surface area contributed by atoms with Crippen molar-refractivity contribution in [3.63, 3.8) is 0 Å². The number of ether oxygens (including phenoxy) is 2. The standard InChI is InChI=1S/C27H29ClN2O7/c1-17-21(16-24(31)29-13-3-4-14-37-26(34)12-11-25(32)33)22-15-20(36-2)9-10-23(22)30(17)27(35)18-5-7-19(28)8-6-18/h5-10,15H,3-4,11-14,16H2,1-2H3,(H,29,31)(H,32,33). The number of aromatic nitrogens is 1. The van der Waals surface area contributed by atoms with Gasteiger partial charge in [-0.05, 0) is 67.8 Å². The number of nitrogens with one attached hydrogen (secondary N) is 1. The fourth-order valence-electron chi connectivity index (χ4n) is 3.94. The first-order valence-corrected chi connectivity index (χ1v) is 12.2. The number of carboxylic acid groups (broad SMARTS) is 1. The smallest absolute Gasteiger partial charge is 0.306 e. The number of carbonyl (C=O) groups excluding carboxylic acids is 3. The van der Waals surface area contributed by atoms with Crippen molar-refractivity contribution >= 4 is 46.3 Å². The molecule has 0 saturated carbocycles. The second-order valence-corrected chi connectivity index (χ2v) is 8.88. The summed E-state index contributed by atoms with van der Waals surface area (Å²) in [6, 6.07) is 12.0. The van der Waals surface area contributed by atoms with Crippen molar-refractivity contribution < 1.29 is 33.8 Å². The number of halogens is 1. The molecule has 2 aromatic carbocycles. The number of fused-ring (bicyclic) bond motifs is 1. The molecule has 3 rings (SSSR count). The van der Waals surface area contributed by atoms with E-state index in [1.165, 1.54) is 0 Å². The van der Waals surface area contributed by atoms with Crippen LogP contribution in [-0.2, 0) is 25.5 Å². The highest BCUT2D eigenvalue weighted by Crippen LogP contribution is 2.30. The van der Waals surface area contributed by atoms with Gasteiger partial charge in [0.15, 0.2) is 0 Å². The van der Waals surface area contributed by atoms with Crippen molar-refractivity contribution in [1.29, 1.82) is 0 Å². The number of nitrogens with zero attached hydrogens (tertiary/aromatic N) is 1. The summed E-state index contributed by atoms with van der Waals surface area (Å²) in [6.07, 6.45) is 0.762. The quantitative estimate of drug-likeness (QED) is 0.267. The minimum absolute atomic E-state index is 0.0700. The summed E-state index contributed by atoms with van der Waals surface area (Å²) < 4.78 is 11.9. The first kappa shape index (κ1) is 27.7. The van der Waals surface area contributed by atoms with Crippen molar-refractivity contribution in [2.24, 2.45) is 0 Å². The Kier molecular flexibility index (Phi) is 9.68. The lowest BCUT2D eigenvalue weighted by atomic mass is 10.1. The largest absolute Gasteiger partial charge is 0.497 e. The van der Waals surface area contributed by atoms with E-state index in [0.29, 0.717) is 46.9 Å². The highest BCUT2D eigenvalue weighted by atomic mass is 35.5. The Morgan fingerprint density at radius 2 is 1.76 bits per heavy atom. The van der Waals surface area contributed by atoms with E-state index in [2.05, 4.69) is 5.32 Å².